The number of aryl methyl sites for hydroxylation is 1. The maximum Gasteiger partial charge on any atom is 0.252 e. The van der Waals surface area contributed by atoms with Gasteiger partial charge in [0.15, 0.2) is 0 Å². The fraction of sp³-hybridized carbons (Fsp3) is 0.357. The van der Waals surface area contributed by atoms with Crippen molar-refractivity contribution in [2.75, 3.05) is 9.80 Å². The Morgan fingerprint density at radius 2 is 1.03 bits per heavy atom. The van der Waals surface area contributed by atoms with Gasteiger partial charge in [0.2, 0.25) is 0 Å². The van der Waals surface area contributed by atoms with Gasteiger partial charge in [-0.1, -0.05) is 157 Å². The summed E-state index contributed by atoms with van der Waals surface area (Å²) in [6.07, 6.45) is 1.04. The van der Waals surface area contributed by atoms with Gasteiger partial charge in [-0.2, -0.15) is 0 Å². The summed E-state index contributed by atoms with van der Waals surface area (Å²) in [6.45, 7) is 27.5. The smallest absolute Gasteiger partial charge is 0.252 e. The van der Waals surface area contributed by atoms with Gasteiger partial charge < -0.3 is 9.80 Å². The second kappa shape index (κ2) is 13.0. The van der Waals surface area contributed by atoms with Crippen molar-refractivity contribution in [1.82, 2.24) is 0 Å². The highest BCUT2D eigenvalue weighted by atomic mass is 15.2. The summed E-state index contributed by atoms with van der Waals surface area (Å²) in [7, 11) is 0. The summed E-state index contributed by atoms with van der Waals surface area (Å²) >= 11 is 0. The summed E-state index contributed by atoms with van der Waals surface area (Å²) in [6, 6.07) is 42.6. The van der Waals surface area contributed by atoms with E-state index in [2.05, 4.69) is 203 Å². The van der Waals surface area contributed by atoms with E-state index in [1.165, 1.54) is 38.7 Å². The Morgan fingerprint density at radius 1 is 0.508 bits per heavy atom. The quantitative estimate of drug-likeness (QED) is 0.165. The number of benzene rings is 6. The molecule has 6 aromatic rings. The third kappa shape index (κ3) is 6.38. The molecule has 0 fully saturated rings. The Bertz CT molecular complexity index is 2760. The average Bonchev–Trinajstić information content (AvgIpc) is 3.37. The summed E-state index contributed by atoms with van der Waals surface area (Å²) in [5.74, 6) is 0. The fourth-order valence-corrected chi connectivity index (χ4v) is 10.6. The van der Waals surface area contributed by atoms with E-state index < -0.39 is 6.85 Å². The highest BCUT2D eigenvalue weighted by Crippen LogP contribution is 2.53. The van der Waals surface area contributed by atoms with Gasteiger partial charge in [0, 0.05) is 38.1 Å². The predicted molar refractivity (Wildman–Crippen MR) is 257 cm³/mol. The molecule has 0 saturated carbocycles. The van der Waals surface area contributed by atoms with Gasteiger partial charge in [-0.25, -0.2) is 0 Å². The zero-order valence-corrected chi connectivity index (χ0v) is 37.6. The van der Waals surface area contributed by atoms with Crippen LogP contribution in [0, 0.1) is 6.85 Å². The van der Waals surface area contributed by atoms with E-state index in [-0.39, 0.29) is 33.8 Å². The van der Waals surface area contributed by atoms with Crippen molar-refractivity contribution in [2.24, 2.45) is 0 Å². The third-order valence-corrected chi connectivity index (χ3v) is 13.6. The summed E-state index contributed by atoms with van der Waals surface area (Å²) in [5.41, 5.74) is 18.6. The summed E-state index contributed by atoms with van der Waals surface area (Å²) < 4.78 is 27.1. The highest BCUT2D eigenvalue weighted by molar-refractivity contribution is 7.00. The topological polar surface area (TPSA) is 6.48 Å². The fourth-order valence-electron chi connectivity index (χ4n) is 10.6. The number of hydrogen-bond acceptors (Lipinski definition) is 2. The van der Waals surface area contributed by atoms with Crippen LogP contribution in [0.3, 0.4) is 0 Å². The Labute approximate surface area is 360 Å². The normalized spacial score (nSPS) is 17.4. The van der Waals surface area contributed by atoms with E-state index in [0.717, 1.165) is 57.1 Å². The number of fused-ring (bicyclic) bond motifs is 5. The second-order valence-electron chi connectivity index (χ2n) is 22.1. The number of anilines is 6. The summed E-state index contributed by atoms with van der Waals surface area (Å²) in [4.78, 5) is 4.79. The van der Waals surface area contributed by atoms with Crippen LogP contribution in [-0.2, 0) is 27.1 Å². The SMILES string of the molecule is [2H]C([2H])([2H])c1cc2c3c(c1)N(c1ccc(C(C)(C)C)cc1-c1ccccc1)c1cc4c(cc1B3c1cc(C(C)(C)C)ccc1N2c1ccc(C(C)(C)C)cc1)C(C)(C)CC4(C)C. The zero-order chi connectivity index (χ0) is 44.7. The first-order valence-electron chi connectivity index (χ1n) is 23.2. The van der Waals surface area contributed by atoms with Crippen molar-refractivity contribution in [2.45, 2.75) is 130 Å². The molecule has 3 heteroatoms. The van der Waals surface area contributed by atoms with E-state index in [9.17, 15) is 0 Å². The number of nitrogens with zero attached hydrogens (tertiary/aromatic N) is 2. The van der Waals surface area contributed by atoms with Crippen molar-refractivity contribution in [1.29, 1.82) is 0 Å². The Morgan fingerprint density at radius 3 is 1.63 bits per heavy atom. The Hall–Kier alpha value is -5.02. The molecule has 0 aromatic heterocycles. The van der Waals surface area contributed by atoms with Crippen LogP contribution in [0.2, 0.25) is 0 Å². The van der Waals surface area contributed by atoms with E-state index >= 15 is 0 Å². The Balaban J connectivity index is 1.46. The van der Waals surface area contributed by atoms with Crippen LogP contribution < -0.4 is 26.2 Å². The van der Waals surface area contributed by atoms with Crippen LogP contribution in [0.1, 0.15) is 134 Å². The molecule has 2 nitrogen and oxygen atoms in total. The third-order valence-electron chi connectivity index (χ3n) is 13.6. The van der Waals surface area contributed by atoms with Gasteiger partial charge in [-0.3, -0.25) is 0 Å². The second-order valence-corrected chi connectivity index (χ2v) is 22.1. The minimum absolute atomic E-state index is 0.0167. The molecule has 9 rings (SSSR count). The first kappa shape index (κ1) is 35.9. The molecule has 6 aromatic carbocycles. The first-order valence-corrected chi connectivity index (χ1v) is 21.7. The maximum absolute atomic E-state index is 9.02. The van der Waals surface area contributed by atoms with Gasteiger partial charge in [-0.15, -0.1) is 0 Å². The maximum atomic E-state index is 9.02. The predicted octanol–water partition coefficient (Wildman–Crippen LogP) is 13.6. The van der Waals surface area contributed by atoms with E-state index in [0.29, 0.717) is 5.56 Å². The van der Waals surface area contributed by atoms with E-state index in [4.69, 9.17) is 4.11 Å². The minimum Gasteiger partial charge on any atom is -0.311 e. The van der Waals surface area contributed by atoms with Crippen LogP contribution >= 0.6 is 0 Å². The van der Waals surface area contributed by atoms with E-state index in [1.807, 2.05) is 12.1 Å². The number of hydrogen-bond donors (Lipinski definition) is 0. The van der Waals surface area contributed by atoms with Crippen LogP contribution in [0.5, 0.6) is 0 Å². The lowest BCUT2D eigenvalue weighted by Crippen LogP contribution is -2.61. The monoisotopic (exact) mass is 778 g/mol. The van der Waals surface area contributed by atoms with Crippen LogP contribution in [0.25, 0.3) is 11.1 Å². The van der Waals surface area contributed by atoms with Crippen molar-refractivity contribution in [3.05, 3.63) is 149 Å². The molecule has 3 aliphatic rings. The lowest BCUT2D eigenvalue weighted by Gasteiger charge is -2.45. The molecule has 0 amide bonds. The highest BCUT2D eigenvalue weighted by Gasteiger charge is 2.48. The molecule has 0 unspecified atom stereocenters. The number of rotatable bonds is 3. The molecular weight excluding hydrogens is 711 g/mol. The van der Waals surface area contributed by atoms with Gasteiger partial charge >= 0.3 is 0 Å². The summed E-state index contributed by atoms with van der Waals surface area (Å²) in [5, 5.41) is 0. The minimum atomic E-state index is -2.35. The van der Waals surface area contributed by atoms with Crippen molar-refractivity contribution in [3.8, 4) is 11.1 Å². The molecule has 59 heavy (non-hydrogen) atoms. The van der Waals surface area contributed by atoms with Crippen LogP contribution in [-0.4, -0.2) is 6.71 Å². The van der Waals surface area contributed by atoms with Crippen molar-refractivity contribution >= 4 is 57.2 Å². The first-order chi connectivity index (χ1) is 28.8. The van der Waals surface area contributed by atoms with Crippen molar-refractivity contribution in [3.63, 3.8) is 0 Å². The molecule has 0 radical (unpaired) electrons. The van der Waals surface area contributed by atoms with Crippen LogP contribution in [0.4, 0.5) is 34.1 Å². The molecule has 300 valence electrons. The van der Waals surface area contributed by atoms with Crippen LogP contribution in [0.15, 0.2) is 115 Å². The van der Waals surface area contributed by atoms with Gasteiger partial charge in [0.1, 0.15) is 0 Å². The lowest BCUT2D eigenvalue weighted by atomic mass is 9.33. The molecule has 0 bridgehead atoms. The molecular formula is C56H63BN2. The zero-order valence-electron chi connectivity index (χ0n) is 40.6. The van der Waals surface area contributed by atoms with Gasteiger partial charge in [0.05, 0.1) is 5.69 Å². The molecule has 0 spiro atoms. The average molecular weight is 778 g/mol. The Kier molecular flexibility index (Phi) is 7.90. The lowest BCUT2D eigenvalue weighted by molar-refractivity contribution is 0.403. The van der Waals surface area contributed by atoms with E-state index in [1.54, 1.807) is 0 Å². The molecule has 1 aliphatic carbocycles. The molecule has 2 heterocycles. The van der Waals surface area contributed by atoms with Gasteiger partial charge in [-0.05, 0) is 144 Å². The molecule has 2 aliphatic heterocycles. The molecule has 0 N–H and O–H groups in total. The standard InChI is InChI=1S/C56H63BN2/c1-35-28-49-51-50(29-35)59(46-26-22-38(53(5,6)7)30-41(46)36-18-16-15-17-19-36)48-33-43-42(55(11,12)34-56(43,13)14)32-45(48)57(51)44-31-39(54(8,9)10)23-27-47(44)58(49)40-24-20-37(21-25-40)52(2,3)4/h15-33H,34H2,1-14H3/i1D3. The molecule has 0 atom stereocenters. The molecule has 0 saturated heterocycles. The van der Waals surface area contributed by atoms with Gasteiger partial charge in [0.25, 0.3) is 6.71 Å². The van der Waals surface area contributed by atoms with Crippen molar-refractivity contribution < 1.29 is 4.11 Å². The largest absolute Gasteiger partial charge is 0.311 e.